The van der Waals surface area contributed by atoms with Gasteiger partial charge in [0.1, 0.15) is 30.8 Å². The normalized spacial score (nSPS) is 15.8. The van der Waals surface area contributed by atoms with Gasteiger partial charge in [-0.25, -0.2) is 13.8 Å². The number of hydrogen-bond acceptors (Lipinski definition) is 2. The molecule has 3 N–H and O–H groups in total. The van der Waals surface area contributed by atoms with E-state index in [0.29, 0.717) is 18.7 Å². The second kappa shape index (κ2) is 8.23. The number of nitrogens with one attached hydrogen (secondary N) is 1. The third kappa shape index (κ3) is 4.35. The van der Waals surface area contributed by atoms with E-state index < -0.39 is 11.6 Å². The summed E-state index contributed by atoms with van der Waals surface area (Å²) >= 11 is 0. The van der Waals surface area contributed by atoms with Gasteiger partial charge >= 0.3 is 0 Å². The molecule has 1 amide bonds. The van der Waals surface area contributed by atoms with E-state index in [2.05, 4.69) is 9.88 Å². The first-order valence-electron chi connectivity index (χ1n) is 8.82. The molecule has 0 radical (unpaired) electrons. The number of H-pyrrole nitrogens is 1. The summed E-state index contributed by atoms with van der Waals surface area (Å²) in [4.78, 5) is 19.7. The molecule has 0 bridgehead atoms. The molecule has 0 spiro atoms. The van der Waals surface area contributed by atoms with Gasteiger partial charge in [0, 0.05) is 17.7 Å². The standard InChI is InChI=1S/C19H22F2N4O/c1-14(16-6-5-15(20)12-17(16)21)23-13-19(26)25-10-8-24(9-11-25)18-4-2-3-7-22-18/h2-7,12,14,23H,8-11,13H2,1H3/p+2/t14-/m1/s1. The first kappa shape index (κ1) is 18.3. The van der Waals surface area contributed by atoms with E-state index in [1.807, 2.05) is 36.2 Å². The number of amides is 1. The summed E-state index contributed by atoms with van der Waals surface area (Å²) in [5, 5.41) is 1.79. The van der Waals surface area contributed by atoms with Crippen molar-refractivity contribution in [1.29, 1.82) is 0 Å². The van der Waals surface area contributed by atoms with Crippen LogP contribution in [0.2, 0.25) is 0 Å². The third-order valence-corrected chi connectivity index (χ3v) is 4.76. The number of carbonyl (C=O) groups is 1. The van der Waals surface area contributed by atoms with E-state index in [9.17, 15) is 13.6 Å². The van der Waals surface area contributed by atoms with E-state index in [-0.39, 0.29) is 18.5 Å². The summed E-state index contributed by atoms with van der Waals surface area (Å²) < 4.78 is 26.8. The third-order valence-electron chi connectivity index (χ3n) is 4.76. The average molecular weight is 362 g/mol. The Balaban J connectivity index is 1.48. The van der Waals surface area contributed by atoms with E-state index in [0.717, 1.165) is 25.0 Å². The van der Waals surface area contributed by atoms with Crippen LogP contribution < -0.4 is 15.2 Å². The minimum atomic E-state index is -0.594. The summed E-state index contributed by atoms with van der Waals surface area (Å²) in [6.45, 7) is 4.93. The van der Waals surface area contributed by atoms with Gasteiger partial charge in [0.15, 0.2) is 6.54 Å². The number of pyridine rings is 1. The number of carbonyl (C=O) groups excluding carboxylic acids is 1. The van der Waals surface area contributed by atoms with Crippen molar-refractivity contribution < 1.29 is 23.9 Å². The molecule has 1 fully saturated rings. The summed E-state index contributed by atoms with van der Waals surface area (Å²) in [5.41, 5.74) is 0.406. The second-order valence-electron chi connectivity index (χ2n) is 6.51. The number of benzene rings is 1. The fourth-order valence-electron chi connectivity index (χ4n) is 3.18. The molecule has 2 aromatic rings. The van der Waals surface area contributed by atoms with Crippen molar-refractivity contribution >= 4 is 11.7 Å². The van der Waals surface area contributed by atoms with Crippen LogP contribution in [-0.2, 0) is 4.79 Å². The number of anilines is 1. The number of halogens is 2. The van der Waals surface area contributed by atoms with Gasteiger partial charge in [0.05, 0.1) is 19.3 Å². The molecule has 0 unspecified atom stereocenters. The van der Waals surface area contributed by atoms with Crippen LogP contribution in [0.5, 0.6) is 0 Å². The molecule has 2 heterocycles. The van der Waals surface area contributed by atoms with Gasteiger partial charge in [-0.2, -0.15) is 0 Å². The van der Waals surface area contributed by atoms with Crippen LogP contribution in [0, 0.1) is 11.6 Å². The molecule has 1 atom stereocenters. The van der Waals surface area contributed by atoms with Crippen LogP contribution in [0.1, 0.15) is 18.5 Å². The van der Waals surface area contributed by atoms with Crippen molar-refractivity contribution in [3.63, 3.8) is 0 Å². The lowest BCUT2D eigenvalue weighted by molar-refractivity contribution is -0.683. The van der Waals surface area contributed by atoms with E-state index in [1.54, 1.807) is 5.32 Å². The quantitative estimate of drug-likeness (QED) is 0.854. The van der Waals surface area contributed by atoms with Crippen molar-refractivity contribution in [2.75, 3.05) is 37.6 Å². The lowest BCUT2D eigenvalue weighted by Crippen LogP contribution is -2.87. The number of nitrogens with zero attached hydrogens (tertiary/aromatic N) is 2. The number of rotatable bonds is 5. The van der Waals surface area contributed by atoms with Crippen molar-refractivity contribution in [3.05, 3.63) is 59.8 Å². The Bertz CT molecular complexity index is 748. The molecular weight excluding hydrogens is 338 g/mol. The fourth-order valence-corrected chi connectivity index (χ4v) is 3.18. The van der Waals surface area contributed by atoms with Gasteiger partial charge in [-0.05, 0) is 25.1 Å². The van der Waals surface area contributed by atoms with Crippen molar-refractivity contribution in [2.24, 2.45) is 0 Å². The summed E-state index contributed by atoms with van der Waals surface area (Å²) in [6, 6.07) is 9.24. The largest absolute Gasteiger partial charge is 0.332 e. The molecule has 1 aliphatic rings. The first-order chi connectivity index (χ1) is 12.5. The van der Waals surface area contributed by atoms with Crippen LogP contribution >= 0.6 is 0 Å². The lowest BCUT2D eigenvalue weighted by atomic mass is 10.1. The van der Waals surface area contributed by atoms with Gasteiger partial charge in [-0.15, -0.1) is 0 Å². The SMILES string of the molecule is C[C@@H]([NH2+]CC(=O)N1CCN(c2cccc[nH+]2)CC1)c1ccc(F)cc1F. The average Bonchev–Trinajstić information content (AvgIpc) is 2.66. The molecule has 138 valence electrons. The maximum absolute atomic E-state index is 13.8. The number of piperazine rings is 1. The number of quaternary nitrogens is 1. The second-order valence-corrected chi connectivity index (χ2v) is 6.51. The molecule has 0 aliphatic carbocycles. The number of aromatic nitrogens is 1. The molecule has 3 rings (SSSR count). The fraction of sp³-hybridized carbons (Fsp3) is 0.368. The Kier molecular flexibility index (Phi) is 5.78. The molecule has 5 nitrogen and oxygen atoms in total. The van der Waals surface area contributed by atoms with Gasteiger partial charge in [-0.3, -0.25) is 9.69 Å². The Morgan fingerprint density at radius 1 is 1.19 bits per heavy atom. The zero-order chi connectivity index (χ0) is 18.5. The number of hydrogen-bond donors (Lipinski definition) is 1. The van der Waals surface area contributed by atoms with E-state index in [1.165, 1.54) is 12.1 Å². The van der Waals surface area contributed by atoms with E-state index in [4.69, 9.17) is 0 Å². The monoisotopic (exact) mass is 362 g/mol. The maximum atomic E-state index is 13.8. The Hall–Kier alpha value is -2.54. The minimum Gasteiger partial charge on any atom is -0.332 e. The van der Waals surface area contributed by atoms with Crippen LogP contribution in [0.15, 0.2) is 42.6 Å². The summed E-state index contributed by atoms with van der Waals surface area (Å²) in [7, 11) is 0. The predicted octanol–water partition coefficient (Wildman–Crippen LogP) is 0.752. The Labute approximate surface area is 151 Å². The van der Waals surface area contributed by atoms with Crippen molar-refractivity contribution in [1.82, 2.24) is 4.90 Å². The lowest BCUT2D eigenvalue weighted by Gasteiger charge is -2.30. The summed E-state index contributed by atoms with van der Waals surface area (Å²) in [6.07, 6.45) is 1.89. The Morgan fingerprint density at radius 3 is 2.62 bits per heavy atom. The van der Waals surface area contributed by atoms with Crippen LogP contribution in [0.3, 0.4) is 0 Å². The van der Waals surface area contributed by atoms with Crippen LogP contribution in [-0.4, -0.2) is 43.5 Å². The van der Waals surface area contributed by atoms with E-state index >= 15 is 0 Å². The van der Waals surface area contributed by atoms with Crippen molar-refractivity contribution in [2.45, 2.75) is 13.0 Å². The Morgan fingerprint density at radius 2 is 1.96 bits per heavy atom. The molecule has 1 aliphatic heterocycles. The van der Waals surface area contributed by atoms with Gasteiger partial charge < -0.3 is 10.2 Å². The number of aromatic amines is 1. The maximum Gasteiger partial charge on any atom is 0.277 e. The van der Waals surface area contributed by atoms with Crippen LogP contribution in [0.4, 0.5) is 14.6 Å². The highest BCUT2D eigenvalue weighted by atomic mass is 19.1. The van der Waals surface area contributed by atoms with Gasteiger partial charge in [0.2, 0.25) is 0 Å². The highest BCUT2D eigenvalue weighted by molar-refractivity contribution is 5.77. The number of nitrogens with two attached hydrogens (primary N) is 1. The zero-order valence-electron chi connectivity index (χ0n) is 14.8. The highest BCUT2D eigenvalue weighted by Crippen LogP contribution is 2.15. The van der Waals surface area contributed by atoms with Crippen molar-refractivity contribution in [3.8, 4) is 0 Å². The zero-order valence-corrected chi connectivity index (χ0v) is 14.8. The molecule has 26 heavy (non-hydrogen) atoms. The summed E-state index contributed by atoms with van der Waals surface area (Å²) in [5.74, 6) is -0.0837. The minimum absolute atomic E-state index is 0.0380. The smallest absolute Gasteiger partial charge is 0.277 e. The topological polar surface area (TPSA) is 54.3 Å². The van der Waals surface area contributed by atoms with Gasteiger partial charge in [-0.1, -0.05) is 6.07 Å². The molecule has 7 heteroatoms. The van der Waals surface area contributed by atoms with Gasteiger partial charge in [0.25, 0.3) is 11.7 Å². The molecular formula is C19H24F2N4O+2. The molecule has 1 saturated heterocycles. The first-order valence-corrected chi connectivity index (χ1v) is 8.82. The molecule has 1 aromatic carbocycles. The molecule has 1 aromatic heterocycles. The molecule has 0 saturated carbocycles. The highest BCUT2D eigenvalue weighted by Gasteiger charge is 2.27. The van der Waals surface area contributed by atoms with Crippen LogP contribution in [0.25, 0.3) is 0 Å². The predicted molar refractivity (Wildman–Crippen MR) is 93.4 cm³/mol.